The first-order chi connectivity index (χ1) is 6.93. The van der Waals surface area contributed by atoms with E-state index in [-0.39, 0.29) is 0 Å². The standard InChI is InChI=1S/C10H10S4/c1-2-12-8-6-10-9(5-7(8)11-1)13-3-4-14-10/h5-6H,1-4H2. The topological polar surface area (TPSA) is 0 Å². The van der Waals surface area contributed by atoms with E-state index in [1.807, 2.05) is 47.0 Å². The third kappa shape index (κ3) is 1.82. The van der Waals surface area contributed by atoms with Crippen LogP contribution in [0.5, 0.6) is 0 Å². The molecular formula is C10H10S4. The minimum Gasteiger partial charge on any atom is -0.124 e. The van der Waals surface area contributed by atoms with Crippen molar-refractivity contribution in [3.05, 3.63) is 12.1 Å². The molecule has 1 aromatic carbocycles. The van der Waals surface area contributed by atoms with Gasteiger partial charge in [0.25, 0.3) is 0 Å². The summed E-state index contributed by atoms with van der Waals surface area (Å²) in [6, 6.07) is 4.80. The Morgan fingerprint density at radius 3 is 1.14 bits per heavy atom. The van der Waals surface area contributed by atoms with Gasteiger partial charge in [-0.15, -0.1) is 47.0 Å². The third-order valence-electron chi connectivity index (χ3n) is 2.21. The van der Waals surface area contributed by atoms with Gasteiger partial charge in [-0.25, -0.2) is 0 Å². The summed E-state index contributed by atoms with van der Waals surface area (Å²) in [6.07, 6.45) is 0. The maximum atomic E-state index is 2.40. The second-order valence-corrected chi connectivity index (χ2v) is 7.69. The maximum Gasteiger partial charge on any atom is 0.0220 e. The van der Waals surface area contributed by atoms with Gasteiger partial charge in [0.1, 0.15) is 0 Å². The summed E-state index contributed by atoms with van der Waals surface area (Å²) in [5.41, 5.74) is 0. The Morgan fingerprint density at radius 2 is 0.857 bits per heavy atom. The summed E-state index contributed by atoms with van der Waals surface area (Å²) >= 11 is 8.07. The van der Waals surface area contributed by atoms with Crippen LogP contribution in [0.2, 0.25) is 0 Å². The Bertz CT molecular complexity index is 295. The van der Waals surface area contributed by atoms with Crippen LogP contribution in [0.15, 0.2) is 31.7 Å². The summed E-state index contributed by atoms with van der Waals surface area (Å²) in [6.45, 7) is 0. The molecule has 3 rings (SSSR count). The van der Waals surface area contributed by atoms with Gasteiger partial charge in [0.2, 0.25) is 0 Å². The van der Waals surface area contributed by atoms with Crippen molar-refractivity contribution in [2.24, 2.45) is 0 Å². The van der Waals surface area contributed by atoms with Gasteiger partial charge in [-0.05, 0) is 12.1 Å². The lowest BCUT2D eigenvalue weighted by Crippen LogP contribution is -1.98. The molecule has 0 bridgehead atoms. The van der Waals surface area contributed by atoms with E-state index in [1.165, 1.54) is 42.6 Å². The van der Waals surface area contributed by atoms with E-state index < -0.39 is 0 Å². The molecule has 0 unspecified atom stereocenters. The lowest BCUT2D eigenvalue weighted by atomic mass is 10.3. The molecule has 0 fully saturated rings. The van der Waals surface area contributed by atoms with Crippen LogP contribution in [0.3, 0.4) is 0 Å². The predicted molar refractivity (Wildman–Crippen MR) is 69.3 cm³/mol. The first kappa shape index (κ1) is 9.82. The summed E-state index contributed by atoms with van der Waals surface area (Å²) in [5, 5.41) is 0. The number of hydrogen-bond acceptors (Lipinski definition) is 4. The van der Waals surface area contributed by atoms with Crippen LogP contribution in [-0.4, -0.2) is 23.0 Å². The quantitative estimate of drug-likeness (QED) is 0.687. The minimum absolute atomic E-state index is 1.27. The maximum absolute atomic E-state index is 2.40. The zero-order valence-electron chi connectivity index (χ0n) is 7.62. The van der Waals surface area contributed by atoms with Crippen molar-refractivity contribution in [2.75, 3.05) is 23.0 Å². The van der Waals surface area contributed by atoms with Crippen molar-refractivity contribution < 1.29 is 0 Å². The van der Waals surface area contributed by atoms with E-state index in [0.717, 1.165) is 0 Å². The summed E-state index contributed by atoms with van der Waals surface area (Å²) in [4.78, 5) is 6.04. The molecule has 14 heavy (non-hydrogen) atoms. The zero-order valence-corrected chi connectivity index (χ0v) is 10.9. The molecule has 2 aliphatic rings. The smallest absolute Gasteiger partial charge is 0.0220 e. The second kappa shape index (κ2) is 4.24. The Kier molecular flexibility index (Phi) is 2.97. The van der Waals surface area contributed by atoms with Crippen LogP contribution in [0.25, 0.3) is 0 Å². The third-order valence-corrected chi connectivity index (χ3v) is 7.21. The molecule has 0 nitrogen and oxygen atoms in total. The van der Waals surface area contributed by atoms with E-state index in [9.17, 15) is 0 Å². The summed E-state index contributed by atoms with van der Waals surface area (Å²) in [7, 11) is 0. The van der Waals surface area contributed by atoms with Crippen LogP contribution in [0.1, 0.15) is 0 Å². The molecule has 0 aromatic heterocycles. The zero-order chi connectivity index (χ0) is 9.38. The lowest BCUT2D eigenvalue weighted by molar-refractivity contribution is 1.07. The molecule has 0 aliphatic carbocycles. The molecule has 2 heterocycles. The molecule has 0 saturated carbocycles. The molecule has 0 N–H and O–H groups in total. The van der Waals surface area contributed by atoms with Gasteiger partial charge in [-0.3, -0.25) is 0 Å². The van der Waals surface area contributed by atoms with Crippen molar-refractivity contribution in [3.63, 3.8) is 0 Å². The molecule has 2 aliphatic heterocycles. The SMILES string of the molecule is c1c2c(cc3c1SCCS3)SCCS2. The van der Waals surface area contributed by atoms with E-state index in [4.69, 9.17) is 0 Å². The highest BCUT2D eigenvalue weighted by Gasteiger charge is 2.17. The van der Waals surface area contributed by atoms with Crippen LogP contribution < -0.4 is 0 Å². The molecule has 4 heteroatoms. The van der Waals surface area contributed by atoms with Crippen LogP contribution in [0, 0.1) is 0 Å². The van der Waals surface area contributed by atoms with Gasteiger partial charge >= 0.3 is 0 Å². The Morgan fingerprint density at radius 1 is 0.571 bits per heavy atom. The summed E-state index contributed by atoms with van der Waals surface area (Å²) in [5.74, 6) is 5.09. The number of benzene rings is 1. The van der Waals surface area contributed by atoms with Gasteiger partial charge < -0.3 is 0 Å². The Hall–Kier alpha value is 0.620. The Labute approximate surface area is 101 Å². The van der Waals surface area contributed by atoms with Crippen LogP contribution in [-0.2, 0) is 0 Å². The number of fused-ring (bicyclic) bond motifs is 2. The fourth-order valence-corrected chi connectivity index (χ4v) is 6.26. The fraction of sp³-hybridized carbons (Fsp3) is 0.400. The Balaban J connectivity index is 2.06. The van der Waals surface area contributed by atoms with E-state index >= 15 is 0 Å². The van der Waals surface area contributed by atoms with Gasteiger partial charge in [-0.2, -0.15) is 0 Å². The van der Waals surface area contributed by atoms with Crippen molar-refractivity contribution in [1.82, 2.24) is 0 Å². The monoisotopic (exact) mass is 258 g/mol. The largest absolute Gasteiger partial charge is 0.124 e. The number of hydrogen-bond donors (Lipinski definition) is 0. The first-order valence-corrected chi connectivity index (χ1v) is 8.57. The van der Waals surface area contributed by atoms with Crippen molar-refractivity contribution in [1.29, 1.82) is 0 Å². The average molecular weight is 258 g/mol. The van der Waals surface area contributed by atoms with E-state index in [1.54, 1.807) is 0 Å². The molecule has 1 aromatic rings. The molecule has 74 valence electrons. The minimum atomic E-state index is 1.27. The summed E-state index contributed by atoms with van der Waals surface area (Å²) < 4.78 is 0. The highest BCUT2D eigenvalue weighted by Crippen LogP contribution is 2.45. The molecule has 0 atom stereocenters. The molecule has 0 spiro atoms. The van der Waals surface area contributed by atoms with Gasteiger partial charge in [0.15, 0.2) is 0 Å². The molecular weight excluding hydrogens is 248 g/mol. The van der Waals surface area contributed by atoms with Crippen LogP contribution in [0.4, 0.5) is 0 Å². The average Bonchev–Trinajstić information content (AvgIpc) is 2.26. The molecule has 0 radical (unpaired) electrons. The second-order valence-electron chi connectivity index (χ2n) is 3.14. The van der Waals surface area contributed by atoms with E-state index in [0.29, 0.717) is 0 Å². The van der Waals surface area contributed by atoms with Gasteiger partial charge in [0, 0.05) is 42.6 Å². The van der Waals surface area contributed by atoms with Crippen molar-refractivity contribution in [3.8, 4) is 0 Å². The first-order valence-electron chi connectivity index (χ1n) is 4.63. The number of thioether (sulfide) groups is 4. The highest BCUT2D eigenvalue weighted by molar-refractivity contribution is 8.06. The number of rotatable bonds is 0. The highest BCUT2D eigenvalue weighted by atomic mass is 32.2. The normalized spacial score (nSPS) is 20.0. The van der Waals surface area contributed by atoms with Crippen LogP contribution >= 0.6 is 47.0 Å². The van der Waals surface area contributed by atoms with Crippen molar-refractivity contribution >= 4 is 47.0 Å². The van der Waals surface area contributed by atoms with E-state index in [2.05, 4.69) is 12.1 Å². The fourth-order valence-electron chi connectivity index (χ4n) is 1.58. The molecule has 0 saturated heterocycles. The van der Waals surface area contributed by atoms with Gasteiger partial charge in [0.05, 0.1) is 0 Å². The van der Waals surface area contributed by atoms with Crippen molar-refractivity contribution in [2.45, 2.75) is 19.6 Å². The molecule has 0 amide bonds. The lowest BCUT2D eigenvalue weighted by Gasteiger charge is -2.20. The van der Waals surface area contributed by atoms with Gasteiger partial charge in [-0.1, -0.05) is 0 Å². The predicted octanol–water partition coefficient (Wildman–Crippen LogP) is 4.08.